The van der Waals surface area contributed by atoms with E-state index in [1.54, 1.807) is 16.7 Å². The molecule has 21 heavy (non-hydrogen) atoms. The van der Waals surface area contributed by atoms with Gasteiger partial charge in [-0.25, -0.2) is 4.79 Å². The van der Waals surface area contributed by atoms with E-state index in [2.05, 4.69) is 5.32 Å². The second-order valence-electron chi connectivity index (χ2n) is 5.26. The molecule has 2 N–H and O–H groups in total. The Hall–Kier alpha value is -1.69. The number of piperidine rings is 1. The molecule has 2 unspecified atom stereocenters. The summed E-state index contributed by atoms with van der Waals surface area (Å²) in [7, 11) is 0. The Morgan fingerprint density at radius 3 is 2.52 bits per heavy atom. The number of carboxylic acid groups (broad SMARTS) is 1. The van der Waals surface area contributed by atoms with E-state index in [0.29, 0.717) is 19.4 Å². The van der Waals surface area contributed by atoms with Gasteiger partial charge in [-0.1, -0.05) is 0 Å². The highest BCUT2D eigenvalue weighted by Gasteiger charge is 2.32. The molecule has 2 atom stereocenters. The molecule has 0 radical (unpaired) electrons. The molecule has 114 valence electrons. The standard InChI is InChI=1S/C15H20N2O3S/c1-10-9-11(14(18)19)7-8-17(10)15(20)16-12-3-5-13(21-2)6-4-12/h3-6,10-11H,7-9H2,1-2H3,(H,16,20)(H,18,19). The zero-order valence-corrected chi connectivity index (χ0v) is 13.0. The Labute approximate surface area is 128 Å². The number of likely N-dealkylation sites (tertiary alicyclic amines) is 1. The molecule has 5 nitrogen and oxygen atoms in total. The number of rotatable bonds is 3. The first-order valence-corrected chi connectivity index (χ1v) is 8.18. The van der Waals surface area contributed by atoms with Crippen LogP contribution in [0.1, 0.15) is 19.8 Å². The van der Waals surface area contributed by atoms with Crippen LogP contribution in [0.15, 0.2) is 29.2 Å². The predicted octanol–water partition coefficient (Wildman–Crippen LogP) is 3.13. The molecule has 1 heterocycles. The number of aliphatic carboxylic acids is 1. The van der Waals surface area contributed by atoms with Crippen molar-refractivity contribution >= 4 is 29.4 Å². The molecular formula is C15H20N2O3S. The zero-order chi connectivity index (χ0) is 15.4. The molecule has 0 spiro atoms. The summed E-state index contributed by atoms with van der Waals surface area (Å²) in [5.41, 5.74) is 0.755. The molecular weight excluding hydrogens is 288 g/mol. The minimum atomic E-state index is -0.769. The first-order chi connectivity index (χ1) is 10.0. The fourth-order valence-corrected chi connectivity index (χ4v) is 2.98. The lowest BCUT2D eigenvalue weighted by Gasteiger charge is -2.36. The lowest BCUT2D eigenvalue weighted by atomic mass is 9.92. The van der Waals surface area contributed by atoms with E-state index < -0.39 is 5.97 Å². The normalized spacial score (nSPS) is 21.9. The van der Waals surface area contributed by atoms with Gasteiger partial charge in [-0.05, 0) is 50.3 Å². The third-order valence-corrected chi connectivity index (χ3v) is 4.57. The summed E-state index contributed by atoms with van der Waals surface area (Å²) in [5, 5.41) is 11.9. The number of nitrogens with one attached hydrogen (secondary N) is 1. The number of anilines is 1. The Morgan fingerprint density at radius 2 is 2.00 bits per heavy atom. The highest BCUT2D eigenvalue weighted by molar-refractivity contribution is 7.98. The van der Waals surface area contributed by atoms with Crippen molar-refractivity contribution in [2.75, 3.05) is 18.1 Å². The van der Waals surface area contributed by atoms with Gasteiger partial charge in [0, 0.05) is 23.2 Å². The maximum Gasteiger partial charge on any atom is 0.322 e. The minimum absolute atomic E-state index is 0.0645. The summed E-state index contributed by atoms with van der Waals surface area (Å²) in [6, 6.07) is 7.44. The van der Waals surface area contributed by atoms with Gasteiger partial charge in [-0.15, -0.1) is 11.8 Å². The molecule has 2 amide bonds. The van der Waals surface area contributed by atoms with Crippen LogP contribution in [-0.2, 0) is 4.79 Å². The fraction of sp³-hybridized carbons (Fsp3) is 0.467. The zero-order valence-electron chi connectivity index (χ0n) is 12.2. The van der Waals surface area contributed by atoms with Crippen LogP contribution in [0.3, 0.4) is 0 Å². The van der Waals surface area contributed by atoms with E-state index in [0.717, 1.165) is 10.6 Å². The molecule has 0 saturated carbocycles. The molecule has 0 bridgehead atoms. The third-order valence-electron chi connectivity index (χ3n) is 3.83. The smallest absolute Gasteiger partial charge is 0.322 e. The first-order valence-electron chi connectivity index (χ1n) is 6.95. The summed E-state index contributed by atoms with van der Waals surface area (Å²) in [6.07, 6.45) is 3.02. The Kier molecular flexibility index (Phi) is 5.12. The van der Waals surface area contributed by atoms with Crippen LogP contribution in [0.5, 0.6) is 0 Å². The SMILES string of the molecule is CSc1ccc(NC(=O)N2CCC(C(=O)O)CC2C)cc1. The first kappa shape index (κ1) is 15.7. The van der Waals surface area contributed by atoms with Crippen LogP contribution in [-0.4, -0.2) is 40.8 Å². The van der Waals surface area contributed by atoms with E-state index in [1.165, 1.54) is 0 Å². The molecule has 1 aromatic carbocycles. The largest absolute Gasteiger partial charge is 0.481 e. The lowest BCUT2D eigenvalue weighted by molar-refractivity contribution is -0.143. The molecule has 1 aliphatic rings. The van der Waals surface area contributed by atoms with Crippen molar-refractivity contribution in [3.63, 3.8) is 0 Å². The minimum Gasteiger partial charge on any atom is -0.481 e. The molecule has 1 aromatic rings. The monoisotopic (exact) mass is 308 g/mol. The molecule has 1 aliphatic heterocycles. The molecule has 6 heteroatoms. The summed E-state index contributed by atoms with van der Waals surface area (Å²) < 4.78 is 0. The summed E-state index contributed by atoms with van der Waals surface area (Å²) in [6.45, 7) is 2.37. The van der Waals surface area contributed by atoms with Crippen molar-refractivity contribution in [1.82, 2.24) is 4.90 Å². The number of benzene rings is 1. The van der Waals surface area contributed by atoms with Gasteiger partial charge in [0.2, 0.25) is 0 Å². The molecule has 1 fully saturated rings. The van der Waals surface area contributed by atoms with E-state index >= 15 is 0 Å². The maximum absolute atomic E-state index is 12.3. The number of hydrogen-bond donors (Lipinski definition) is 2. The number of carbonyl (C=O) groups is 2. The highest BCUT2D eigenvalue weighted by Crippen LogP contribution is 2.24. The second-order valence-corrected chi connectivity index (χ2v) is 6.14. The van der Waals surface area contributed by atoms with Crippen molar-refractivity contribution in [3.05, 3.63) is 24.3 Å². The van der Waals surface area contributed by atoms with Gasteiger partial charge in [0.1, 0.15) is 0 Å². The van der Waals surface area contributed by atoms with Crippen molar-refractivity contribution in [1.29, 1.82) is 0 Å². The summed E-state index contributed by atoms with van der Waals surface area (Å²) in [5.74, 6) is -1.11. The molecule has 1 saturated heterocycles. The lowest BCUT2D eigenvalue weighted by Crippen LogP contribution is -2.47. The van der Waals surface area contributed by atoms with Gasteiger partial charge >= 0.3 is 12.0 Å². The Balaban J connectivity index is 1.95. The molecule has 0 aliphatic carbocycles. The number of carbonyl (C=O) groups excluding carboxylic acids is 1. The Bertz CT molecular complexity index is 518. The molecule has 2 rings (SSSR count). The van der Waals surface area contributed by atoms with Crippen LogP contribution in [0.25, 0.3) is 0 Å². The van der Waals surface area contributed by atoms with E-state index in [9.17, 15) is 9.59 Å². The predicted molar refractivity (Wildman–Crippen MR) is 83.8 cm³/mol. The van der Waals surface area contributed by atoms with Gasteiger partial charge in [0.15, 0.2) is 0 Å². The number of thioether (sulfide) groups is 1. The van der Waals surface area contributed by atoms with Gasteiger partial charge < -0.3 is 15.3 Å². The number of nitrogens with zero attached hydrogens (tertiary/aromatic N) is 1. The quantitative estimate of drug-likeness (QED) is 0.842. The second kappa shape index (κ2) is 6.85. The number of carboxylic acids is 1. The van der Waals surface area contributed by atoms with Gasteiger partial charge in [-0.2, -0.15) is 0 Å². The number of hydrogen-bond acceptors (Lipinski definition) is 3. The van der Waals surface area contributed by atoms with Gasteiger partial charge in [0.05, 0.1) is 5.92 Å². The van der Waals surface area contributed by atoms with Crippen LogP contribution < -0.4 is 5.32 Å². The maximum atomic E-state index is 12.3. The highest BCUT2D eigenvalue weighted by atomic mass is 32.2. The van der Waals surface area contributed by atoms with E-state index in [-0.39, 0.29) is 18.0 Å². The van der Waals surface area contributed by atoms with Crippen molar-refractivity contribution in [3.8, 4) is 0 Å². The summed E-state index contributed by atoms with van der Waals surface area (Å²) >= 11 is 1.65. The van der Waals surface area contributed by atoms with Crippen LogP contribution in [0, 0.1) is 5.92 Å². The van der Waals surface area contributed by atoms with Crippen LogP contribution in [0.4, 0.5) is 10.5 Å². The average Bonchev–Trinajstić information content (AvgIpc) is 2.47. The van der Waals surface area contributed by atoms with Crippen molar-refractivity contribution in [2.45, 2.75) is 30.7 Å². The molecule has 0 aromatic heterocycles. The van der Waals surface area contributed by atoms with Crippen molar-refractivity contribution in [2.24, 2.45) is 5.92 Å². The number of urea groups is 1. The summed E-state index contributed by atoms with van der Waals surface area (Å²) in [4.78, 5) is 26.1. The number of amides is 2. The third kappa shape index (κ3) is 3.91. The Morgan fingerprint density at radius 1 is 1.33 bits per heavy atom. The van der Waals surface area contributed by atoms with Crippen LogP contribution >= 0.6 is 11.8 Å². The van der Waals surface area contributed by atoms with Crippen molar-refractivity contribution < 1.29 is 14.7 Å². The van der Waals surface area contributed by atoms with Gasteiger partial charge in [0.25, 0.3) is 0 Å². The van der Waals surface area contributed by atoms with Crippen LogP contribution in [0.2, 0.25) is 0 Å². The van der Waals surface area contributed by atoms with E-state index in [1.807, 2.05) is 37.4 Å². The average molecular weight is 308 g/mol. The topological polar surface area (TPSA) is 69.6 Å². The van der Waals surface area contributed by atoms with E-state index in [4.69, 9.17) is 5.11 Å². The fourth-order valence-electron chi connectivity index (χ4n) is 2.57. The van der Waals surface area contributed by atoms with Gasteiger partial charge in [-0.3, -0.25) is 4.79 Å².